The lowest BCUT2D eigenvalue weighted by Gasteiger charge is -2.18. The van der Waals surface area contributed by atoms with Gasteiger partial charge in [0.2, 0.25) is 0 Å². The number of hydrogen-bond donors (Lipinski definition) is 0. The van der Waals surface area contributed by atoms with E-state index in [1.54, 1.807) is 0 Å². The van der Waals surface area contributed by atoms with Gasteiger partial charge < -0.3 is 14.2 Å². The molecule has 0 fully saturated rings. The van der Waals surface area contributed by atoms with Crippen LogP contribution in [0.3, 0.4) is 0 Å². The third kappa shape index (κ3) is 45.3. The summed E-state index contributed by atoms with van der Waals surface area (Å²) in [6.45, 7) is 8.96. The zero-order valence-electron chi connectivity index (χ0n) is 38.8. The van der Waals surface area contributed by atoms with E-state index >= 15 is 0 Å². The van der Waals surface area contributed by atoms with Crippen LogP contribution in [0.5, 0.6) is 0 Å². The van der Waals surface area contributed by atoms with Crippen LogP contribution in [-0.2, 0) is 28.6 Å². The second kappa shape index (κ2) is 45.5. The van der Waals surface area contributed by atoms with Crippen LogP contribution in [-0.4, -0.2) is 37.2 Å². The van der Waals surface area contributed by atoms with Crippen LogP contribution in [0.2, 0.25) is 0 Å². The molecule has 0 spiro atoms. The highest BCUT2D eigenvalue weighted by Crippen LogP contribution is 2.17. The van der Waals surface area contributed by atoms with E-state index < -0.39 is 6.10 Å². The molecule has 0 aliphatic rings. The van der Waals surface area contributed by atoms with Gasteiger partial charge in [0.15, 0.2) is 6.10 Å². The maximum Gasteiger partial charge on any atom is 0.306 e. The number of esters is 3. The zero-order chi connectivity index (χ0) is 41.7. The monoisotopic (exact) mass is 807 g/mol. The lowest BCUT2D eigenvalue weighted by atomic mass is 10.0. The van der Waals surface area contributed by atoms with E-state index in [0.717, 1.165) is 70.1 Å². The van der Waals surface area contributed by atoms with Gasteiger partial charge >= 0.3 is 17.9 Å². The Morgan fingerprint density at radius 1 is 0.333 bits per heavy atom. The van der Waals surface area contributed by atoms with Gasteiger partial charge in [-0.3, -0.25) is 14.4 Å². The highest BCUT2D eigenvalue weighted by atomic mass is 16.6. The Kier molecular flexibility index (Phi) is 44.2. The Morgan fingerprint density at radius 3 is 0.860 bits per heavy atom. The first-order valence-corrected chi connectivity index (χ1v) is 25.4. The normalized spacial score (nSPS) is 11.9. The predicted molar refractivity (Wildman–Crippen MR) is 243 cm³/mol. The molecule has 6 nitrogen and oxygen atoms in total. The summed E-state index contributed by atoms with van der Waals surface area (Å²) >= 11 is 0. The molecule has 0 bridgehead atoms. The van der Waals surface area contributed by atoms with Crippen molar-refractivity contribution < 1.29 is 28.6 Å². The molecule has 6 heteroatoms. The Morgan fingerprint density at radius 2 is 0.579 bits per heavy atom. The number of ether oxygens (including phenoxy) is 3. The van der Waals surface area contributed by atoms with Crippen molar-refractivity contribution in [3.05, 3.63) is 0 Å². The molecule has 0 N–H and O–H groups in total. The molecule has 0 rings (SSSR count). The Hall–Kier alpha value is -1.59. The highest BCUT2D eigenvalue weighted by molar-refractivity contribution is 5.71. The van der Waals surface area contributed by atoms with E-state index in [1.807, 2.05) is 0 Å². The van der Waals surface area contributed by atoms with Crippen LogP contribution in [0.25, 0.3) is 0 Å². The van der Waals surface area contributed by atoms with Gasteiger partial charge in [0, 0.05) is 19.3 Å². The summed E-state index contributed by atoms with van der Waals surface area (Å²) in [5.41, 5.74) is 0. The smallest absolute Gasteiger partial charge is 0.306 e. The van der Waals surface area contributed by atoms with Crippen molar-refractivity contribution in [2.45, 2.75) is 291 Å². The van der Waals surface area contributed by atoms with Crippen molar-refractivity contribution in [1.82, 2.24) is 0 Å². The van der Waals surface area contributed by atoms with Crippen LogP contribution >= 0.6 is 0 Å². The molecule has 0 saturated carbocycles. The zero-order valence-corrected chi connectivity index (χ0v) is 38.8. The number of unbranched alkanes of at least 4 members (excludes halogenated alkanes) is 33. The summed E-state index contributed by atoms with van der Waals surface area (Å²) in [6.07, 6.45) is 46.9. The molecule has 0 saturated heterocycles. The summed E-state index contributed by atoms with van der Waals surface area (Å²) in [5, 5.41) is 0. The Labute approximate surface area is 355 Å². The molecule has 57 heavy (non-hydrogen) atoms. The topological polar surface area (TPSA) is 78.9 Å². The third-order valence-corrected chi connectivity index (χ3v) is 11.5. The second-order valence-electron chi connectivity index (χ2n) is 17.9. The van der Waals surface area contributed by atoms with Crippen molar-refractivity contribution in [2.24, 2.45) is 5.92 Å². The lowest BCUT2D eigenvalue weighted by molar-refractivity contribution is -0.167. The van der Waals surface area contributed by atoms with Gasteiger partial charge in [0.05, 0.1) is 0 Å². The fraction of sp³-hybridized carbons (Fsp3) is 0.941. The van der Waals surface area contributed by atoms with Crippen LogP contribution in [0.15, 0.2) is 0 Å². The van der Waals surface area contributed by atoms with Crippen molar-refractivity contribution >= 4 is 17.9 Å². The van der Waals surface area contributed by atoms with Crippen LogP contribution in [0.4, 0.5) is 0 Å². The average Bonchev–Trinajstić information content (AvgIpc) is 3.19. The molecule has 0 amide bonds. The fourth-order valence-corrected chi connectivity index (χ4v) is 7.69. The molecule has 0 heterocycles. The molecule has 0 aliphatic heterocycles. The molecule has 0 aromatic rings. The molecule has 0 aromatic carbocycles. The minimum atomic E-state index is -0.758. The van der Waals surface area contributed by atoms with E-state index in [4.69, 9.17) is 14.2 Å². The van der Waals surface area contributed by atoms with Crippen LogP contribution in [0, 0.1) is 5.92 Å². The molecule has 0 aromatic heterocycles. The standard InChI is InChI=1S/C51H98O6/c1-5-7-9-11-12-13-14-15-18-22-25-28-31-35-39-43-50(53)56-46-48(45-55-49(52)42-38-33-10-8-6-2)57-51(54)44-40-36-32-29-26-23-20-17-16-19-21-24-27-30-34-37-41-47(3)4/h47-48H,5-46H2,1-4H3/t48-/m0/s1. The first-order chi connectivity index (χ1) is 27.9. The summed E-state index contributed by atoms with van der Waals surface area (Å²) in [6, 6.07) is 0. The van der Waals surface area contributed by atoms with Crippen molar-refractivity contribution in [2.75, 3.05) is 13.2 Å². The third-order valence-electron chi connectivity index (χ3n) is 11.5. The molecule has 1 atom stereocenters. The minimum absolute atomic E-state index is 0.0638. The van der Waals surface area contributed by atoms with Gasteiger partial charge in [0.25, 0.3) is 0 Å². The highest BCUT2D eigenvalue weighted by Gasteiger charge is 2.19. The van der Waals surface area contributed by atoms with Crippen molar-refractivity contribution in [3.8, 4) is 0 Å². The molecule has 338 valence electrons. The van der Waals surface area contributed by atoms with Gasteiger partial charge in [-0.15, -0.1) is 0 Å². The van der Waals surface area contributed by atoms with E-state index in [-0.39, 0.29) is 31.1 Å². The Bertz CT molecular complexity index is 857. The summed E-state index contributed by atoms with van der Waals surface area (Å²) in [5.74, 6) is -0.00815. The van der Waals surface area contributed by atoms with Gasteiger partial charge in [0.1, 0.15) is 13.2 Å². The van der Waals surface area contributed by atoms with Crippen LogP contribution < -0.4 is 0 Å². The SMILES string of the molecule is CCCCCCCCCCCCCCCCCC(=O)OC[C@H](COC(=O)CCCCCCC)OC(=O)CCCCCCCCCCCCCCCCCCC(C)C. The molecular formula is C51H98O6. The fourth-order valence-electron chi connectivity index (χ4n) is 7.69. The van der Waals surface area contributed by atoms with Gasteiger partial charge in [-0.2, -0.15) is 0 Å². The quantitative estimate of drug-likeness (QED) is 0.0346. The largest absolute Gasteiger partial charge is 0.462 e. The van der Waals surface area contributed by atoms with Crippen molar-refractivity contribution in [1.29, 1.82) is 0 Å². The molecule has 0 aliphatic carbocycles. The number of hydrogen-bond acceptors (Lipinski definition) is 6. The summed E-state index contributed by atoms with van der Waals surface area (Å²) in [7, 11) is 0. The Balaban J connectivity index is 4.10. The number of carbonyl (C=O) groups is 3. The van der Waals surface area contributed by atoms with Crippen LogP contribution in [0.1, 0.15) is 285 Å². The maximum atomic E-state index is 12.7. The average molecular weight is 807 g/mol. The number of rotatable bonds is 46. The first kappa shape index (κ1) is 55.4. The van der Waals surface area contributed by atoms with Gasteiger partial charge in [-0.1, -0.05) is 246 Å². The van der Waals surface area contributed by atoms with E-state index in [0.29, 0.717) is 19.3 Å². The minimum Gasteiger partial charge on any atom is -0.462 e. The second-order valence-corrected chi connectivity index (χ2v) is 17.9. The molecule has 0 unspecified atom stereocenters. The number of carbonyl (C=O) groups excluding carboxylic acids is 3. The van der Waals surface area contributed by atoms with Gasteiger partial charge in [-0.05, 0) is 25.2 Å². The van der Waals surface area contributed by atoms with Crippen molar-refractivity contribution in [3.63, 3.8) is 0 Å². The lowest BCUT2D eigenvalue weighted by Crippen LogP contribution is -2.30. The molecular weight excluding hydrogens is 709 g/mol. The van der Waals surface area contributed by atoms with E-state index in [9.17, 15) is 14.4 Å². The van der Waals surface area contributed by atoms with Gasteiger partial charge in [-0.25, -0.2) is 0 Å². The first-order valence-electron chi connectivity index (χ1n) is 25.4. The summed E-state index contributed by atoms with van der Waals surface area (Å²) in [4.78, 5) is 37.6. The maximum absolute atomic E-state index is 12.7. The van der Waals surface area contributed by atoms with E-state index in [2.05, 4.69) is 27.7 Å². The summed E-state index contributed by atoms with van der Waals surface area (Å²) < 4.78 is 16.7. The molecule has 0 radical (unpaired) electrons. The predicted octanol–water partition coefficient (Wildman–Crippen LogP) is 16.3. The van der Waals surface area contributed by atoms with E-state index in [1.165, 1.54) is 173 Å².